The highest BCUT2D eigenvalue weighted by molar-refractivity contribution is 6.31. The summed E-state index contributed by atoms with van der Waals surface area (Å²) in [6.07, 6.45) is 4.09. The van der Waals surface area contributed by atoms with Gasteiger partial charge in [-0.1, -0.05) is 41.4 Å². The molecule has 2 aromatic rings. The van der Waals surface area contributed by atoms with Crippen molar-refractivity contribution in [1.29, 1.82) is 0 Å². The van der Waals surface area contributed by atoms with Crippen molar-refractivity contribution in [2.24, 2.45) is 0 Å². The van der Waals surface area contributed by atoms with E-state index in [9.17, 15) is 0 Å². The minimum absolute atomic E-state index is 0.588. The van der Waals surface area contributed by atoms with Crippen LogP contribution in [0.5, 0.6) is 0 Å². The molecule has 3 rings (SSSR count). The Hall–Kier alpha value is -1.32. The van der Waals surface area contributed by atoms with Crippen molar-refractivity contribution >= 4 is 29.2 Å². The van der Waals surface area contributed by atoms with Crippen LogP contribution in [0.25, 0.3) is 0 Å². The highest BCUT2D eigenvalue weighted by atomic mass is 35.5. The maximum Gasteiger partial charge on any atom is 0.223 e. The fourth-order valence-corrected chi connectivity index (χ4v) is 1.58. The Bertz CT molecular complexity index is 527. The van der Waals surface area contributed by atoms with E-state index in [1.807, 2.05) is 37.3 Å². The molecule has 1 aromatic heterocycles. The largest absolute Gasteiger partial charge is 0.351 e. The smallest absolute Gasteiger partial charge is 0.223 e. The van der Waals surface area contributed by atoms with Gasteiger partial charge in [-0.3, -0.25) is 0 Å². The summed E-state index contributed by atoms with van der Waals surface area (Å²) in [7, 11) is 0. The van der Waals surface area contributed by atoms with Gasteiger partial charge in [0.15, 0.2) is 0 Å². The summed E-state index contributed by atoms with van der Waals surface area (Å²) in [5.74, 6) is 0.694. The molecule has 1 N–H and O–H groups in total. The fraction of sp³-hybridized carbons (Fsp3) is 0.286. The highest BCUT2D eigenvalue weighted by Gasteiger charge is 2.21. The molecule has 0 atom stereocenters. The van der Waals surface area contributed by atoms with Gasteiger partial charge >= 0.3 is 0 Å². The first-order chi connectivity index (χ1) is 9.15. The van der Waals surface area contributed by atoms with Crippen LogP contribution in [-0.2, 0) is 0 Å². The van der Waals surface area contributed by atoms with Gasteiger partial charge < -0.3 is 5.32 Å². The van der Waals surface area contributed by atoms with Crippen molar-refractivity contribution in [1.82, 2.24) is 9.97 Å². The molecule has 1 aliphatic carbocycles. The summed E-state index contributed by atoms with van der Waals surface area (Å²) < 4.78 is 0. The minimum Gasteiger partial charge on any atom is -0.351 e. The van der Waals surface area contributed by atoms with E-state index in [-0.39, 0.29) is 0 Å². The van der Waals surface area contributed by atoms with E-state index in [1.165, 1.54) is 12.8 Å². The van der Waals surface area contributed by atoms with E-state index in [0.29, 0.717) is 17.0 Å². The number of benzene rings is 1. The topological polar surface area (TPSA) is 37.8 Å². The number of aryl methyl sites for hydroxylation is 1. The third-order valence-electron chi connectivity index (χ3n) is 2.56. The minimum atomic E-state index is 0.588. The maximum atomic E-state index is 5.78. The molecule has 1 aromatic carbocycles. The molecule has 3 nitrogen and oxygen atoms in total. The average Bonchev–Trinajstić information content (AvgIpc) is 3.20. The average molecular weight is 296 g/mol. The SMILES string of the molecule is Cc1nc(NC2CC2)ncc1Cl.Clc1ccccc1. The van der Waals surface area contributed by atoms with E-state index in [1.54, 1.807) is 6.20 Å². The third kappa shape index (κ3) is 5.05. The Labute approximate surface area is 123 Å². The lowest BCUT2D eigenvalue weighted by Gasteiger charge is -2.02. The molecule has 1 aliphatic rings. The van der Waals surface area contributed by atoms with Crippen LogP contribution in [-0.4, -0.2) is 16.0 Å². The molecule has 0 unspecified atom stereocenters. The van der Waals surface area contributed by atoms with Crippen LogP contribution in [0, 0.1) is 6.92 Å². The van der Waals surface area contributed by atoms with Gasteiger partial charge in [-0.25, -0.2) is 9.97 Å². The molecular formula is C14H15Cl2N3. The predicted octanol–water partition coefficient (Wildman–Crippen LogP) is 4.35. The second-order valence-corrected chi connectivity index (χ2v) is 5.18. The zero-order chi connectivity index (χ0) is 13.7. The lowest BCUT2D eigenvalue weighted by Crippen LogP contribution is -2.05. The van der Waals surface area contributed by atoms with Crippen molar-refractivity contribution in [3.05, 3.63) is 52.3 Å². The molecule has 100 valence electrons. The number of halogens is 2. The predicted molar refractivity (Wildman–Crippen MR) is 79.9 cm³/mol. The molecule has 1 heterocycles. The number of hydrogen-bond donors (Lipinski definition) is 1. The molecule has 0 saturated heterocycles. The van der Waals surface area contributed by atoms with E-state index >= 15 is 0 Å². The lowest BCUT2D eigenvalue weighted by molar-refractivity contribution is 1.03. The number of aromatic nitrogens is 2. The zero-order valence-corrected chi connectivity index (χ0v) is 12.1. The first kappa shape index (κ1) is 14.1. The van der Waals surface area contributed by atoms with Crippen LogP contribution < -0.4 is 5.32 Å². The first-order valence-electron chi connectivity index (χ1n) is 6.11. The van der Waals surface area contributed by atoms with Gasteiger partial charge in [-0.2, -0.15) is 0 Å². The molecule has 0 radical (unpaired) electrons. The number of anilines is 1. The van der Waals surface area contributed by atoms with Crippen molar-refractivity contribution in [2.75, 3.05) is 5.32 Å². The van der Waals surface area contributed by atoms with Crippen molar-refractivity contribution in [3.8, 4) is 0 Å². The number of nitrogens with one attached hydrogen (secondary N) is 1. The van der Waals surface area contributed by atoms with Crippen molar-refractivity contribution in [3.63, 3.8) is 0 Å². The summed E-state index contributed by atoms with van der Waals surface area (Å²) >= 11 is 11.3. The van der Waals surface area contributed by atoms with Crippen LogP contribution in [0.1, 0.15) is 18.5 Å². The van der Waals surface area contributed by atoms with E-state index < -0.39 is 0 Å². The Kier molecular flexibility index (Phi) is 5.00. The number of nitrogens with zero attached hydrogens (tertiary/aromatic N) is 2. The summed E-state index contributed by atoms with van der Waals surface area (Å²) in [6.45, 7) is 1.88. The molecule has 1 saturated carbocycles. The molecular weight excluding hydrogens is 281 g/mol. The lowest BCUT2D eigenvalue weighted by atomic mass is 10.4. The molecule has 0 aliphatic heterocycles. The molecule has 0 bridgehead atoms. The number of rotatable bonds is 2. The fourth-order valence-electron chi connectivity index (χ4n) is 1.35. The standard InChI is InChI=1S/C8H10ClN3.C6H5Cl/c1-5-7(9)4-10-8(11-5)12-6-2-3-6;7-6-4-2-1-3-5-6/h4,6H,2-3H2,1H3,(H,10,11,12);1-5H. The normalized spacial score (nSPS) is 13.4. The van der Waals surface area contributed by atoms with E-state index in [0.717, 1.165) is 10.7 Å². The van der Waals surface area contributed by atoms with Crippen molar-refractivity contribution in [2.45, 2.75) is 25.8 Å². The third-order valence-corrected chi connectivity index (χ3v) is 3.19. The molecule has 1 fully saturated rings. The van der Waals surface area contributed by atoms with Crippen LogP contribution in [0.3, 0.4) is 0 Å². The van der Waals surface area contributed by atoms with Gasteiger partial charge in [0.25, 0.3) is 0 Å². The van der Waals surface area contributed by atoms with Crippen LogP contribution >= 0.6 is 23.2 Å². The van der Waals surface area contributed by atoms with Gasteiger partial charge in [0.2, 0.25) is 5.95 Å². The van der Waals surface area contributed by atoms with Gasteiger partial charge in [-0.05, 0) is 31.9 Å². The summed E-state index contributed by atoms with van der Waals surface area (Å²) in [5.41, 5.74) is 0.829. The molecule has 0 amide bonds. The Balaban J connectivity index is 0.000000163. The van der Waals surface area contributed by atoms with E-state index in [4.69, 9.17) is 23.2 Å². The van der Waals surface area contributed by atoms with Gasteiger partial charge in [0.05, 0.1) is 16.9 Å². The zero-order valence-electron chi connectivity index (χ0n) is 10.6. The van der Waals surface area contributed by atoms with Gasteiger partial charge in [0.1, 0.15) is 0 Å². The first-order valence-corrected chi connectivity index (χ1v) is 6.87. The van der Waals surface area contributed by atoms with Crippen LogP contribution in [0.4, 0.5) is 5.95 Å². The maximum absolute atomic E-state index is 5.78. The highest BCUT2D eigenvalue weighted by Crippen LogP contribution is 2.23. The van der Waals surface area contributed by atoms with Crippen molar-refractivity contribution < 1.29 is 0 Å². The van der Waals surface area contributed by atoms with Gasteiger partial charge in [-0.15, -0.1) is 0 Å². The van der Waals surface area contributed by atoms with Crippen LogP contribution in [0.15, 0.2) is 36.5 Å². The number of hydrogen-bond acceptors (Lipinski definition) is 3. The molecule has 19 heavy (non-hydrogen) atoms. The van der Waals surface area contributed by atoms with Crippen LogP contribution in [0.2, 0.25) is 10.0 Å². The second kappa shape index (κ2) is 6.73. The summed E-state index contributed by atoms with van der Waals surface area (Å²) in [4.78, 5) is 8.26. The molecule has 0 spiro atoms. The molecule has 5 heteroatoms. The van der Waals surface area contributed by atoms with Gasteiger partial charge in [0, 0.05) is 11.1 Å². The monoisotopic (exact) mass is 295 g/mol. The quantitative estimate of drug-likeness (QED) is 0.895. The summed E-state index contributed by atoms with van der Waals surface area (Å²) in [5, 5.41) is 4.62. The second-order valence-electron chi connectivity index (χ2n) is 4.34. The van der Waals surface area contributed by atoms with E-state index in [2.05, 4.69) is 15.3 Å². The summed E-state index contributed by atoms with van der Waals surface area (Å²) in [6, 6.07) is 10.0. The Morgan fingerprint density at radius 3 is 2.32 bits per heavy atom. The Morgan fingerprint density at radius 2 is 1.84 bits per heavy atom. The Morgan fingerprint density at radius 1 is 1.16 bits per heavy atom.